The molecular weight excluding hydrogens is 264 g/mol. The van der Waals surface area contributed by atoms with Crippen LogP contribution in [0, 0.1) is 13.8 Å². The predicted octanol–water partition coefficient (Wildman–Crippen LogP) is 2.17. The monoisotopic (exact) mass is 284 g/mol. The number of nitrogens with one attached hydrogen (secondary N) is 1. The Morgan fingerprint density at radius 3 is 2.68 bits per heavy atom. The van der Waals surface area contributed by atoms with Gasteiger partial charge in [0.1, 0.15) is 6.10 Å². The van der Waals surface area contributed by atoms with E-state index < -0.39 is 0 Å². The molecule has 0 aliphatic carbocycles. The predicted molar refractivity (Wildman–Crippen MR) is 78.7 cm³/mol. The third-order valence-corrected chi connectivity index (χ3v) is 3.44. The summed E-state index contributed by atoms with van der Waals surface area (Å²) in [7, 11) is 0. The first-order chi connectivity index (χ1) is 8.60. The lowest BCUT2D eigenvalue weighted by molar-refractivity contribution is -0.126. The van der Waals surface area contributed by atoms with Crippen LogP contribution in [0.5, 0.6) is 0 Å². The first-order valence-electron chi connectivity index (χ1n) is 6.34. The summed E-state index contributed by atoms with van der Waals surface area (Å²) >= 11 is 0. The highest BCUT2D eigenvalue weighted by molar-refractivity contribution is 5.94. The van der Waals surface area contributed by atoms with Gasteiger partial charge in [-0.1, -0.05) is 6.07 Å². The number of aryl methyl sites for hydroxylation is 2. The SMILES string of the molecule is Cc1ccc(NC(=O)[C@@H]2CC[C@H](CN)O2)cc1C.Cl. The standard InChI is InChI=1S/C14H20N2O2.ClH/c1-9-3-4-11(7-10(9)2)16-14(17)13-6-5-12(8-15)18-13;/h3-4,7,12-13H,5-6,8,15H2,1-2H3,(H,16,17);1H/t12-,13+;/m1./s1. The Kier molecular flexibility index (Phi) is 5.79. The van der Waals surface area contributed by atoms with Crippen molar-refractivity contribution in [2.75, 3.05) is 11.9 Å². The minimum absolute atomic E-state index is 0. The van der Waals surface area contributed by atoms with Gasteiger partial charge in [-0.2, -0.15) is 0 Å². The quantitative estimate of drug-likeness (QED) is 0.894. The van der Waals surface area contributed by atoms with Crippen LogP contribution in [-0.4, -0.2) is 24.7 Å². The fourth-order valence-corrected chi connectivity index (χ4v) is 2.11. The zero-order chi connectivity index (χ0) is 13.1. The van der Waals surface area contributed by atoms with Crippen molar-refractivity contribution in [1.29, 1.82) is 0 Å². The summed E-state index contributed by atoms with van der Waals surface area (Å²) in [5, 5.41) is 2.89. The van der Waals surface area contributed by atoms with Crippen molar-refractivity contribution in [3.63, 3.8) is 0 Å². The Bertz CT molecular complexity index is 451. The van der Waals surface area contributed by atoms with Crippen LogP contribution in [0.15, 0.2) is 18.2 Å². The number of halogens is 1. The fourth-order valence-electron chi connectivity index (χ4n) is 2.11. The molecule has 0 unspecified atom stereocenters. The van der Waals surface area contributed by atoms with Crippen LogP contribution >= 0.6 is 12.4 Å². The fraction of sp³-hybridized carbons (Fsp3) is 0.500. The van der Waals surface area contributed by atoms with Crippen LogP contribution in [-0.2, 0) is 9.53 Å². The van der Waals surface area contributed by atoms with Crippen molar-refractivity contribution in [2.45, 2.75) is 38.9 Å². The zero-order valence-corrected chi connectivity index (χ0v) is 12.1. The molecule has 1 fully saturated rings. The minimum Gasteiger partial charge on any atom is -0.364 e. The Hall–Kier alpha value is -1.10. The van der Waals surface area contributed by atoms with Crippen LogP contribution in [0.25, 0.3) is 0 Å². The van der Waals surface area contributed by atoms with Gasteiger partial charge in [-0.15, -0.1) is 12.4 Å². The number of anilines is 1. The lowest BCUT2D eigenvalue weighted by atomic mass is 10.1. The average molecular weight is 285 g/mol. The first-order valence-corrected chi connectivity index (χ1v) is 6.34. The van der Waals surface area contributed by atoms with Gasteiger partial charge in [0.2, 0.25) is 0 Å². The summed E-state index contributed by atoms with van der Waals surface area (Å²) in [5.74, 6) is -0.0748. The molecule has 1 aromatic rings. The van der Waals surface area contributed by atoms with Crippen molar-refractivity contribution < 1.29 is 9.53 Å². The molecule has 2 atom stereocenters. The van der Waals surface area contributed by atoms with Crippen LogP contribution in [0.3, 0.4) is 0 Å². The maximum atomic E-state index is 12.0. The van der Waals surface area contributed by atoms with Crippen molar-refractivity contribution in [3.8, 4) is 0 Å². The molecule has 1 heterocycles. The molecule has 1 amide bonds. The van der Waals surface area contributed by atoms with Gasteiger partial charge in [0.15, 0.2) is 0 Å². The largest absolute Gasteiger partial charge is 0.364 e. The molecule has 1 aliphatic heterocycles. The van der Waals surface area contributed by atoms with Gasteiger partial charge < -0.3 is 15.8 Å². The second-order valence-electron chi connectivity index (χ2n) is 4.85. The zero-order valence-electron chi connectivity index (χ0n) is 11.3. The average Bonchev–Trinajstić information content (AvgIpc) is 2.82. The second kappa shape index (κ2) is 6.89. The number of amides is 1. The summed E-state index contributed by atoms with van der Waals surface area (Å²) in [5.41, 5.74) is 8.73. The molecule has 3 N–H and O–H groups in total. The van der Waals surface area contributed by atoms with E-state index in [1.165, 1.54) is 11.1 Å². The summed E-state index contributed by atoms with van der Waals surface area (Å²) in [6, 6.07) is 5.89. The molecule has 0 aromatic heterocycles. The van der Waals surface area contributed by atoms with Gasteiger partial charge in [0, 0.05) is 12.2 Å². The van der Waals surface area contributed by atoms with Gasteiger partial charge in [-0.05, 0) is 49.9 Å². The van der Waals surface area contributed by atoms with Crippen LogP contribution in [0.4, 0.5) is 5.69 Å². The van der Waals surface area contributed by atoms with E-state index in [0.29, 0.717) is 6.54 Å². The number of hydrogen-bond donors (Lipinski definition) is 2. The van der Waals surface area contributed by atoms with Crippen LogP contribution in [0.2, 0.25) is 0 Å². The Morgan fingerprint density at radius 2 is 2.11 bits per heavy atom. The van der Waals surface area contributed by atoms with Gasteiger partial charge in [-0.3, -0.25) is 4.79 Å². The molecule has 5 heteroatoms. The van der Waals surface area contributed by atoms with E-state index in [9.17, 15) is 4.79 Å². The number of benzene rings is 1. The van der Waals surface area contributed by atoms with E-state index >= 15 is 0 Å². The van der Waals surface area contributed by atoms with E-state index in [4.69, 9.17) is 10.5 Å². The number of hydrogen-bond acceptors (Lipinski definition) is 3. The smallest absolute Gasteiger partial charge is 0.253 e. The molecule has 19 heavy (non-hydrogen) atoms. The molecule has 0 saturated carbocycles. The summed E-state index contributed by atoms with van der Waals surface area (Å²) in [6.07, 6.45) is 1.28. The molecule has 1 aromatic carbocycles. The maximum Gasteiger partial charge on any atom is 0.253 e. The molecular formula is C14H21ClN2O2. The minimum atomic E-state index is -0.361. The van der Waals surface area contributed by atoms with E-state index in [1.54, 1.807) is 0 Å². The molecule has 0 radical (unpaired) electrons. The van der Waals surface area contributed by atoms with E-state index in [-0.39, 0.29) is 30.5 Å². The molecule has 0 bridgehead atoms. The molecule has 0 spiro atoms. The van der Waals surface area contributed by atoms with Crippen LogP contribution in [0.1, 0.15) is 24.0 Å². The lowest BCUT2D eigenvalue weighted by Gasteiger charge is -2.13. The number of ether oxygens (including phenoxy) is 1. The van der Waals surface area contributed by atoms with Crippen molar-refractivity contribution >= 4 is 24.0 Å². The Balaban J connectivity index is 0.00000180. The Labute approximate surface area is 120 Å². The van der Waals surface area contributed by atoms with Gasteiger partial charge >= 0.3 is 0 Å². The summed E-state index contributed by atoms with van der Waals surface area (Å²) < 4.78 is 5.56. The van der Waals surface area contributed by atoms with Crippen molar-refractivity contribution in [3.05, 3.63) is 29.3 Å². The van der Waals surface area contributed by atoms with E-state index in [2.05, 4.69) is 5.32 Å². The van der Waals surface area contributed by atoms with Crippen molar-refractivity contribution in [1.82, 2.24) is 0 Å². The Morgan fingerprint density at radius 1 is 1.37 bits per heavy atom. The maximum absolute atomic E-state index is 12.0. The highest BCUT2D eigenvalue weighted by atomic mass is 35.5. The second-order valence-corrected chi connectivity index (χ2v) is 4.85. The van der Waals surface area contributed by atoms with Gasteiger partial charge in [-0.25, -0.2) is 0 Å². The topological polar surface area (TPSA) is 64.4 Å². The summed E-state index contributed by atoms with van der Waals surface area (Å²) in [6.45, 7) is 4.56. The lowest BCUT2D eigenvalue weighted by Crippen LogP contribution is -2.29. The molecule has 2 rings (SSSR count). The molecule has 4 nitrogen and oxygen atoms in total. The molecule has 106 valence electrons. The third-order valence-electron chi connectivity index (χ3n) is 3.44. The normalized spacial score (nSPS) is 21.8. The van der Waals surface area contributed by atoms with Gasteiger partial charge in [0.05, 0.1) is 6.10 Å². The third kappa shape index (κ3) is 3.93. The number of rotatable bonds is 3. The van der Waals surface area contributed by atoms with Crippen LogP contribution < -0.4 is 11.1 Å². The first kappa shape index (κ1) is 16.0. The summed E-state index contributed by atoms with van der Waals surface area (Å²) in [4.78, 5) is 12.0. The molecule has 1 aliphatic rings. The highest BCUT2D eigenvalue weighted by Crippen LogP contribution is 2.21. The number of nitrogens with two attached hydrogens (primary N) is 1. The highest BCUT2D eigenvalue weighted by Gasteiger charge is 2.29. The molecule has 1 saturated heterocycles. The van der Waals surface area contributed by atoms with Crippen molar-refractivity contribution in [2.24, 2.45) is 5.73 Å². The van der Waals surface area contributed by atoms with E-state index in [1.807, 2.05) is 32.0 Å². The van der Waals surface area contributed by atoms with E-state index in [0.717, 1.165) is 18.5 Å². The van der Waals surface area contributed by atoms with Gasteiger partial charge in [0.25, 0.3) is 5.91 Å². The number of carbonyl (C=O) groups is 1. The number of carbonyl (C=O) groups excluding carboxylic acids is 1.